The SMILES string of the molecule is CCCCc1nc(Cl)c(CNC[C@@H]2CN(C)CCO2)[nH]1. The lowest BCUT2D eigenvalue weighted by atomic mass is 10.2. The summed E-state index contributed by atoms with van der Waals surface area (Å²) in [7, 11) is 2.13. The average Bonchev–Trinajstić information content (AvgIpc) is 2.77. The van der Waals surface area contributed by atoms with E-state index >= 15 is 0 Å². The van der Waals surface area contributed by atoms with E-state index in [1.54, 1.807) is 0 Å². The topological polar surface area (TPSA) is 53.2 Å². The van der Waals surface area contributed by atoms with Gasteiger partial charge in [0.1, 0.15) is 5.82 Å². The molecule has 114 valence electrons. The van der Waals surface area contributed by atoms with Gasteiger partial charge in [-0.15, -0.1) is 0 Å². The zero-order chi connectivity index (χ0) is 14.4. The summed E-state index contributed by atoms with van der Waals surface area (Å²) in [6.45, 7) is 6.53. The van der Waals surface area contributed by atoms with E-state index in [9.17, 15) is 0 Å². The molecule has 1 aliphatic heterocycles. The van der Waals surface area contributed by atoms with Gasteiger partial charge in [-0.2, -0.15) is 0 Å². The molecule has 0 bridgehead atoms. The number of aromatic amines is 1. The van der Waals surface area contributed by atoms with Crippen LogP contribution >= 0.6 is 11.6 Å². The van der Waals surface area contributed by atoms with Crippen molar-refractivity contribution in [3.63, 3.8) is 0 Å². The van der Waals surface area contributed by atoms with Crippen LogP contribution in [0.15, 0.2) is 0 Å². The Labute approximate surface area is 126 Å². The van der Waals surface area contributed by atoms with Crippen LogP contribution in [0.1, 0.15) is 31.3 Å². The molecule has 0 unspecified atom stereocenters. The van der Waals surface area contributed by atoms with Crippen LogP contribution in [-0.2, 0) is 17.7 Å². The molecule has 0 spiro atoms. The second-order valence-electron chi connectivity index (χ2n) is 5.44. The number of likely N-dealkylation sites (N-methyl/N-ethyl adjacent to an activating group) is 1. The standard InChI is InChI=1S/C14H25ClN4O/c1-3-4-5-13-17-12(14(15)18-13)9-16-8-11-10-19(2)6-7-20-11/h11,16H,3-10H2,1-2H3,(H,17,18)/t11-/m1/s1. The smallest absolute Gasteiger partial charge is 0.151 e. The second-order valence-corrected chi connectivity index (χ2v) is 5.80. The van der Waals surface area contributed by atoms with Crippen molar-refractivity contribution < 1.29 is 4.74 Å². The molecule has 2 heterocycles. The largest absolute Gasteiger partial charge is 0.374 e. The van der Waals surface area contributed by atoms with Crippen molar-refractivity contribution >= 4 is 11.6 Å². The highest BCUT2D eigenvalue weighted by atomic mass is 35.5. The lowest BCUT2D eigenvalue weighted by molar-refractivity contribution is -0.0182. The van der Waals surface area contributed by atoms with Gasteiger partial charge in [-0.3, -0.25) is 0 Å². The van der Waals surface area contributed by atoms with E-state index in [-0.39, 0.29) is 6.10 Å². The maximum atomic E-state index is 6.15. The molecule has 1 aliphatic rings. The molecule has 0 saturated carbocycles. The van der Waals surface area contributed by atoms with Crippen LogP contribution in [-0.4, -0.2) is 54.3 Å². The minimum Gasteiger partial charge on any atom is -0.374 e. The first-order chi connectivity index (χ1) is 9.69. The summed E-state index contributed by atoms with van der Waals surface area (Å²) in [6.07, 6.45) is 3.53. The van der Waals surface area contributed by atoms with E-state index in [1.165, 1.54) is 6.42 Å². The van der Waals surface area contributed by atoms with Gasteiger partial charge < -0.3 is 19.9 Å². The predicted octanol–water partition coefficient (Wildman–Crippen LogP) is 1.83. The summed E-state index contributed by atoms with van der Waals surface area (Å²) in [6, 6.07) is 0. The van der Waals surface area contributed by atoms with Crippen LogP contribution in [0.4, 0.5) is 0 Å². The molecule has 1 aromatic heterocycles. The van der Waals surface area contributed by atoms with E-state index in [1.807, 2.05) is 0 Å². The molecule has 5 nitrogen and oxygen atoms in total. The van der Waals surface area contributed by atoms with Gasteiger partial charge in [0.15, 0.2) is 5.15 Å². The van der Waals surface area contributed by atoms with Gasteiger partial charge in [0, 0.05) is 32.6 Å². The Hall–Kier alpha value is -0.620. The lowest BCUT2D eigenvalue weighted by Gasteiger charge is -2.30. The molecular weight excluding hydrogens is 276 g/mol. The number of nitrogens with zero attached hydrogens (tertiary/aromatic N) is 2. The highest BCUT2D eigenvalue weighted by Crippen LogP contribution is 2.14. The minimum absolute atomic E-state index is 0.259. The number of ether oxygens (including phenoxy) is 1. The van der Waals surface area contributed by atoms with Gasteiger partial charge in [-0.1, -0.05) is 24.9 Å². The summed E-state index contributed by atoms with van der Waals surface area (Å²) >= 11 is 6.15. The van der Waals surface area contributed by atoms with E-state index in [2.05, 4.69) is 34.2 Å². The number of aryl methyl sites for hydroxylation is 1. The fraction of sp³-hybridized carbons (Fsp3) is 0.786. The number of nitrogens with one attached hydrogen (secondary N) is 2. The van der Waals surface area contributed by atoms with Crippen molar-refractivity contribution in [3.8, 4) is 0 Å². The van der Waals surface area contributed by atoms with Crippen molar-refractivity contribution in [2.75, 3.05) is 33.3 Å². The molecule has 1 aromatic rings. The van der Waals surface area contributed by atoms with E-state index in [4.69, 9.17) is 16.3 Å². The lowest BCUT2D eigenvalue weighted by Crippen LogP contribution is -2.44. The monoisotopic (exact) mass is 300 g/mol. The predicted molar refractivity (Wildman–Crippen MR) is 81.2 cm³/mol. The van der Waals surface area contributed by atoms with Crippen LogP contribution in [0.2, 0.25) is 5.15 Å². The van der Waals surface area contributed by atoms with Gasteiger partial charge in [0.05, 0.1) is 18.4 Å². The Morgan fingerprint density at radius 1 is 1.55 bits per heavy atom. The quantitative estimate of drug-likeness (QED) is 0.806. The Bertz CT molecular complexity index is 410. The zero-order valence-electron chi connectivity index (χ0n) is 12.4. The first-order valence-electron chi connectivity index (χ1n) is 7.43. The normalized spacial score (nSPS) is 20.4. The van der Waals surface area contributed by atoms with Gasteiger partial charge in [0.25, 0.3) is 0 Å². The number of hydrogen-bond donors (Lipinski definition) is 2. The molecule has 1 fully saturated rings. The second kappa shape index (κ2) is 7.98. The van der Waals surface area contributed by atoms with Crippen LogP contribution in [0.3, 0.4) is 0 Å². The zero-order valence-corrected chi connectivity index (χ0v) is 13.2. The van der Waals surface area contributed by atoms with Crippen molar-refractivity contribution in [1.29, 1.82) is 0 Å². The van der Waals surface area contributed by atoms with Crippen molar-refractivity contribution in [1.82, 2.24) is 20.2 Å². The maximum Gasteiger partial charge on any atom is 0.151 e. The number of rotatable bonds is 7. The first-order valence-corrected chi connectivity index (χ1v) is 7.81. The number of H-pyrrole nitrogens is 1. The van der Waals surface area contributed by atoms with Crippen molar-refractivity contribution in [3.05, 3.63) is 16.7 Å². The van der Waals surface area contributed by atoms with Crippen LogP contribution < -0.4 is 5.32 Å². The Morgan fingerprint density at radius 2 is 2.40 bits per heavy atom. The molecule has 0 radical (unpaired) electrons. The molecule has 0 aromatic carbocycles. The first kappa shape index (κ1) is 15.8. The van der Waals surface area contributed by atoms with Crippen LogP contribution in [0.25, 0.3) is 0 Å². The fourth-order valence-corrected chi connectivity index (χ4v) is 2.58. The molecule has 20 heavy (non-hydrogen) atoms. The molecule has 6 heteroatoms. The number of morpholine rings is 1. The third-order valence-electron chi connectivity index (χ3n) is 3.56. The Kier molecular flexibility index (Phi) is 6.29. The van der Waals surface area contributed by atoms with Gasteiger partial charge >= 0.3 is 0 Å². The minimum atomic E-state index is 0.259. The number of aromatic nitrogens is 2. The number of unbranched alkanes of at least 4 members (excludes halogenated alkanes) is 1. The van der Waals surface area contributed by atoms with Crippen LogP contribution in [0.5, 0.6) is 0 Å². The Balaban J connectivity index is 1.74. The third kappa shape index (κ3) is 4.74. The summed E-state index contributed by atoms with van der Waals surface area (Å²) in [5, 5.41) is 3.98. The van der Waals surface area contributed by atoms with E-state index < -0.39 is 0 Å². The average molecular weight is 301 g/mol. The molecular formula is C14H25ClN4O. The van der Waals surface area contributed by atoms with Crippen molar-refractivity contribution in [2.24, 2.45) is 0 Å². The summed E-state index contributed by atoms with van der Waals surface area (Å²) in [5.74, 6) is 0.988. The Morgan fingerprint density at radius 3 is 3.15 bits per heavy atom. The summed E-state index contributed by atoms with van der Waals surface area (Å²) in [4.78, 5) is 9.96. The third-order valence-corrected chi connectivity index (χ3v) is 3.87. The molecule has 0 aliphatic carbocycles. The maximum absolute atomic E-state index is 6.15. The highest BCUT2D eigenvalue weighted by molar-refractivity contribution is 6.30. The number of imidazole rings is 1. The van der Waals surface area contributed by atoms with Crippen LogP contribution in [0, 0.1) is 0 Å². The van der Waals surface area contributed by atoms with Crippen molar-refractivity contribution in [2.45, 2.75) is 38.8 Å². The number of hydrogen-bond acceptors (Lipinski definition) is 4. The summed E-state index contributed by atoms with van der Waals surface area (Å²) < 4.78 is 5.71. The fourth-order valence-electron chi connectivity index (χ4n) is 2.37. The van der Waals surface area contributed by atoms with E-state index in [0.717, 1.165) is 50.6 Å². The molecule has 0 amide bonds. The van der Waals surface area contributed by atoms with Gasteiger partial charge in [0.2, 0.25) is 0 Å². The molecule has 1 atom stereocenters. The van der Waals surface area contributed by atoms with E-state index in [0.29, 0.717) is 11.7 Å². The highest BCUT2D eigenvalue weighted by Gasteiger charge is 2.17. The number of halogens is 1. The molecule has 1 saturated heterocycles. The summed E-state index contributed by atoms with van der Waals surface area (Å²) in [5.41, 5.74) is 0.974. The van der Waals surface area contributed by atoms with Gasteiger partial charge in [-0.25, -0.2) is 4.98 Å². The molecule has 2 rings (SSSR count). The van der Waals surface area contributed by atoms with Gasteiger partial charge in [-0.05, 0) is 13.5 Å². The molecule has 2 N–H and O–H groups in total.